The Labute approximate surface area is 112 Å². The Morgan fingerprint density at radius 2 is 2.21 bits per heavy atom. The van der Waals surface area contributed by atoms with Crippen molar-refractivity contribution >= 4 is 17.5 Å². The highest BCUT2D eigenvalue weighted by Crippen LogP contribution is 2.12. The van der Waals surface area contributed by atoms with Gasteiger partial charge in [0.25, 0.3) is 0 Å². The predicted molar refractivity (Wildman–Crippen MR) is 73.3 cm³/mol. The Morgan fingerprint density at radius 1 is 1.42 bits per heavy atom. The summed E-state index contributed by atoms with van der Waals surface area (Å²) in [7, 11) is 0. The molecule has 102 valence electrons. The van der Waals surface area contributed by atoms with E-state index in [1.807, 2.05) is 24.3 Å². The van der Waals surface area contributed by atoms with Crippen LogP contribution in [0.4, 0.5) is 5.69 Å². The van der Waals surface area contributed by atoms with Crippen molar-refractivity contribution in [3.63, 3.8) is 0 Å². The van der Waals surface area contributed by atoms with Crippen molar-refractivity contribution in [1.82, 2.24) is 10.6 Å². The first-order valence-electron chi connectivity index (χ1n) is 6.54. The fraction of sp³-hybridized carbons (Fsp3) is 0.429. The number of amides is 2. The minimum atomic E-state index is 0.00408. The van der Waals surface area contributed by atoms with Gasteiger partial charge in [0, 0.05) is 31.1 Å². The summed E-state index contributed by atoms with van der Waals surface area (Å²) in [6.45, 7) is 0.526. The van der Waals surface area contributed by atoms with E-state index in [0.717, 1.165) is 11.3 Å². The van der Waals surface area contributed by atoms with E-state index in [0.29, 0.717) is 32.2 Å². The molecule has 1 aromatic rings. The highest BCUT2D eigenvalue weighted by molar-refractivity contribution is 5.79. The zero-order valence-corrected chi connectivity index (χ0v) is 10.8. The van der Waals surface area contributed by atoms with E-state index in [4.69, 9.17) is 5.73 Å². The number of hydrogen-bond donors (Lipinski definition) is 3. The summed E-state index contributed by atoms with van der Waals surface area (Å²) >= 11 is 0. The summed E-state index contributed by atoms with van der Waals surface area (Å²) in [5.74, 6) is 0.0620. The van der Waals surface area contributed by atoms with Crippen LogP contribution in [0.25, 0.3) is 0 Å². The van der Waals surface area contributed by atoms with Crippen LogP contribution >= 0.6 is 0 Å². The van der Waals surface area contributed by atoms with Crippen molar-refractivity contribution in [3.05, 3.63) is 29.8 Å². The fourth-order valence-corrected chi connectivity index (χ4v) is 2.17. The second-order valence-corrected chi connectivity index (χ2v) is 4.81. The maximum atomic E-state index is 11.8. The molecule has 1 atom stereocenters. The first kappa shape index (κ1) is 13.4. The van der Waals surface area contributed by atoms with Crippen LogP contribution in [0.15, 0.2) is 24.3 Å². The van der Waals surface area contributed by atoms with Crippen LogP contribution < -0.4 is 16.4 Å². The molecule has 1 unspecified atom stereocenters. The Morgan fingerprint density at radius 3 is 2.89 bits per heavy atom. The number of aryl methyl sites for hydroxylation is 1. The summed E-state index contributed by atoms with van der Waals surface area (Å²) in [5.41, 5.74) is 7.54. The largest absolute Gasteiger partial charge is 0.399 e. The molecule has 2 amide bonds. The van der Waals surface area contributed by atoms with Gasteiger partial charge in [-0.25, -0.2) is 0 Å². The van der Waals surface area contributed by atoms with Crippen LogP contribution in [0.2, 0.25) is 0 Å². The molecule has 0 aliphatic carbocycles. The molecule has 2 rings (SSSR count). The third-order valence-corrected chi connectivity index (χ3v) is 3.31. The zero-order valence-electron chi connectivity index (χ0n) is 10.8. The van der Waals surface area contributed by atoms with Crippen molar-refractivity contribution in [2.45, 2.75) is 31.7 Å². The number of carbonyl (C=O) groups excluding carboxylic acids is 2. The molecule has 1 aliphatic rings. The van der Waals surface area contributed by atoms with Crippen LogP contribution in [-0.2, 0) is 16.0 Å². The van der Waals surface area contributed by atoms with Gasteiger partial charge < -0.3 is 16.4 Å². The summed E-state index contributed by atoms with van der Waals surface area (Å²) in [4.78, 5) is 22.8. The number of hydrogen-bond acceptors (Lipinski definition) is 3. The van der Waals surface area contributed by atoms with E-state index >= 15 is 0 Å². The van der Waals surface area contributed by atoms with E-state index in [9.17, 15) is 9.59 Å². The monoisotopic (exact) mass is 261 g/mol. The molecule has 0 saturated carbocycles. The van der Waals surface area contributed by atoms with Crippen LogP contribution in [0.5, 0.6) is 0 Å². The number of benzene rings is 1. The Hall–Kier alpha value is -2.04. The fourth-order valence-electron chi connectivity index (χ4n) is 2.17. The SMILES string of the molecule is Nc1ccccc1CCC(=O)NC1CCC(=O)NC1. The molecule has 5 heteroatoms. The Kier molecular flexibility index (Phi) is 4.39. The van der Waals surface area contributed by atoms with Gasteiger partial charge in [0.1, 0.15) is 0 Å². The molecule has 1 heterocycles. The maximum absolute atomic E-state index is 11.8. The molecule has 4 N–H and O–H groups in total. The average molecular weight is 261 g/mol. The minimum absolute atomic E-state index is 0.00408. The highest BCUT2D eigenvalue weighted by Gasteiger charge is 2.19. The molecule has 1 aromatic carbocycles. The maximum Gasteiger partial charge on any atom is 0.220 e. The average Bonchev–Trinajstić information content (AvgIpc) is 2.40. The number of carbonyl (C=O) groups is 2. The summed E-state index contributed by atoms with van der Waals surface area (Å²) in [5, 5.41) is 5.68. The van der Waals surface area contributed by atoms with Gasteiger partial charge in [-0.1, -0.05) is 18.2 Å². The molecule has 5 nitrogen and oxygen atoms in total. The third-order valence-electron chi connectivity index (χ3n) is 3.31. The summed E-state index contributed by atoms with van der Waals surface area (Å²) in [6, 6.07) is 7.62. The third kappa shape index (κ3) is 3.98. The molecule has 1 saturated heterocycles. The van der Waals surface area contributed by atoms with Crippen LogP contribution in [0, 0.1) is 0 Å². The lowest BCUT2D eigenvalue weighted by atomic mass is 10.1. The number of para-hydroxylation sites is 1. The first-order chi connectivity index (χ1) is 9.15. The van der Waals surface area contributed by atoms with Gasteiger partial charge in [-0.2, -0.15) is 0 Å². The number of nitrogens with two attached hydrogens (primary N) is 1. The van der Waals surface area contributed by atoms with Crippen molar-refractivity contribution < 1.29 is 9.59 Å². The molecule has 19 heavy (non-hydrogen) atoms. The normalized spacial score (nSPS) is 18.7. The predicted octanol–water partition coefficient (Wildman–Crippen LogP) is 0.596. The molecule has 0 aromatic heterocycles. The summed E-state index contributed by atoms with van der Waals surface area (Å²) < 4.78 is 0. The van der Waals surface area contributed by atoms with E-state index in [1.165, 1.54) is 0 Å². The van der Waals surface area contributed by atoms with E-state index in [2.05, 4.69) is 10.6 Å². The van der Waals surface area contributed by atoms with E-state index in [1.54, 1.807) is 0 Å². The van der Waals surface area contributed by atoms with Gasteiger partial charge in [-0.3, -0.25) is 9.59 Å². The summed E-state index contributed by atoms with van der Waals surface area (Å²) in [6.07, 6.45) is 2.25. The topological polar surface area (TPSA) is 84.2 Å². The van der Waals surface area contributed by atoms with E-state index in [-0.39, 0.29) is 17.9 Å². The second-order valence-electron chi connectivity index (χ2n) is 4.81. The zero-order chi connectivity index (χ0) is 13.7. The minimum Gasteiger partial charge on any atom is -0.399 e. The van der Waals surface area contributed by atoms with Gasteiger partial charge in [0.15, 0.2) is 0 Å². The lowest BCUT2D eigenvalue weighted by molar-refractivity contribution is -0.125. The highest BCUT2D eigenvalue weighted by atomic mass is 16.2. The molecule has 0 radical (unpaired) electrons. The molecule has 1 aliphatic heterocycles. The van der Waals surface area contributed by atoms with Crippen molar-refractivity contribution in [2.24, 2.45) is 0 Å². The van der Waals surface area contributed by atoms with Gasteiger partial charge in [-0.05, 0) is 24.5 Å². The van der Waals surface area contributed by atoms with Crippen molar-refractivity contribution in [2.75, 3.05) is 12.3 Å². The van der Waals surface area contributed by atoms with Crippen LogP contribution in [0.1, 0.15) is 24.8 Å². The Bertz CT molecular complexity index is 464. The second kappa shape index (κ2) is 6.22. The van der Waals surface area contributed by atoms with Gasteiger partial charge in [0.2, 0.25) is 11.8 Å². The molecule has 1 fully saturated rings. The number of nitrogens with one attached hydrogen (secondary N) is 2. The van der Waals surface area contributed by atoms with Gasteiger partial charge in [-0.15, -0.1) is 0 Å². The molecule has 0 bridgehead atoms. The molecular weight excluding hydrogens is 242 g/mol. The number of nitrogen functional groups attached to an aromatic ring is 1. The van der Waals surface area contributed by atoms with Crippen molar-refractivity contribution in [1.29, 1.82) is 0 Å². The first-order valence-corrected chi connectivity index (χ1v) is 6.54. The standard InChI is InChI=1S/C14H19N3O2/c15-12-4-2-1-3-10(12)5-7-14(19)17-11-6-8-13(18)16-9-11/h1-4,11H,5-9,15H2,(H,16,18)(H,17,19). The molecular formula is C14H19N3O2. The van der Waals surface area contributed by atoms with Crippen LogP contribution in [-0.4, -0.2) is 24.4 Å². The van der Waals surface area contributed by atoms with Crippen LogP contribution in [0.3, 0.4) is 0 Å². The van der Waals surface area contributed by atoms with Crippen molar-refractivity contribution in [3.8, 4) is 0 Å². The number of piperidine rings is 1. The molecule has 0 spiro atoms. The van der Waals surface area contributed by atoms with Gasteiger partial charge in [0.05, 0.1) is 0 Å². The number of anilines is 1. The van der Waals surface area contributed by atoms with Gasteiger partial charge >= 0.3 is 0 Å². The lowest BCUT2D eigenvalue weighted by Crippen LogP contribution is -2.47. The Balaban J connectivity index is 1.76. The smallest absolute Gasteiger partial charge is 0.220 e. The van der Waals surface area contributed by atoms with E-state index < -0.39 is 0 Å². The quantitative estimate of drug-likeness (QED) is 0.694. The lowest BCUT2D eigenvalue weighted by Gasteiger charge is -2.23. The number of rotatable bonds is 4.